The van der Waals surface area contributed by atoms with Crippen LogP contribution in [0.3, 0.4) is 0 Å². The van der Waals surface area contributed by atoms with Crippen molar-refractivity contribution >= 4 is 11.0 Å². The molecule has 0 heterocycles. The summed E-state index contributed by atoms with van der Waals surface area (Å²) in [6.45, 7) is 0. The quantitative estimate of drug-likeness (QED) is 0.219. The Labute approximate surface area is 75.8 Å². The fraction of sp³-hybridized carbons (Fsp3) is 0. The van der Waals surface area contributed by atoms with Crippen molar-refractivity contribution in [3.8, 4) is 0 Å². The van der Waals surface area contributed by atoms with Gasteiger partial charge in [0.1, 0.15) is 0 Å². The number of rotatable bonds is 0. The van der Waals surface area contributed by atoms with E-state index in [4.69, 9.17) is 0 Å². The second-order valence-electron chi connectivity index (χ2n) is 0. The number of hydrogen-bond acceptors (Lipinski definition) is 0. The molecule has 4 heavy (non-hydrogen) atoms. The maximum Gasteiger partial charge on any atom is 1.00 e. The summed E-state index contributed by atoms with van der Waals surface area (Å²) < 4.78 is 0. The van der Waals surface area contributed by atoms with E-state index in [0.717, 1.165) is 0 Å². The van der Waals surface area contributed by atoms with Gasteiger partial charge in [-0.3, -0.25) is 0 Å². The average Bonchev–Trinajstić information content (AvgIpc) is 0. The fourth-order valence-corrected chi connectivity index (χ4v) is 0. The minimum absolute atomic E-state index is 0. The Kier molecular flexibility index (Phi) is 211. The summed E-state index contributed by atoms with van der Waals surface area (Å²) in [7, 11) is 0. The van der Waals surface area contributed by atoms with Gasteiger partial charge in [0.2, 0.25) is 0 Å². The molecule has 0 spiro atoms. The first-order chi connectivity index (χ1) is 0. The maximum absolute atomic E-state index is 0. The first-order valence-electron chi connectivity index (χ1n) is 0. The zero-order valence-electron chi connectivity index (χ0n) is 3.00. The second kappa shape index (κ2) is 21.0. The van der Waals surface area contributed by atoms with Gasteiger partial charge in [-0.25, -0.2) is 0 Å². The van der Waals surface area contributed by atoms with Gasteiger partial charge < -0.3 is 14.9 Å². The molecule has 0 bridgehead atoms. The minimum atomic E-state index is 0. The Morgan fingerprint density at radius 3 is 0.750 bits per heavy atom. The van der Waals surface area contributed by atoms with Crippen molar-refractivity contribution in [1.82, 2.24) is 0 Å². The predicted octanol–water partition coefficient (Wildman–Crippen LogP) is -3.55. The molecule has 0 aromatic heterocycles. The molecule has 0 rings (SSSR count). The van der Waals surface area contributed by atoms with Crippen molar-refractivity contribution in [1.29, 1.82) is 0 Å². The topological polar surface area (TPSA) is 0 Å². The molecule has 0 amide bonds. The summed E-state index contributed by atoms with van der Waals surface area (Å²) in [5.41, 5.74) is 0. The monoisotopic (exact) mass is 101 g/mol. The molecule has 0 aliphatic rings. The van der Waals surface area contributed by atoms with Crippen molar-refractivity contribution in [2.75, 3.05) is 0 Å². The zero-order valence-corrected chi connectivity index (χ0v) is 6.12. The van der Waals surface area contributed by atoms with Crippen LogP contribution in [-0.2, 0) is 0 Å². The zero-order chi connectivity index (χ0) is 0. The molecule has 0 aliphatic carbocycles. The minimum Gasteiger partial charge on any atom is -0.358 e. The van der Waals surface area contributed by atoms with Gasteiger partial charge in [0.25, 0.3) is 0 Å². The van der Waals surface area contributed by atoms with E-state index in [1.54, 1.807) is 0 Å². The van der Waals surface area contributed by atoms with Gasteiger partial charge in [0, 0.05) is 0 Å². The van der Waals surface area contributed by atoms with E-state index in [1.807, 2.05) is 0 Å². The molecule has 2 heteroatoms. The molecule has 0 aromatic carbocycles. The van der Waals surface area contributed by atoms with Crippen LogP contribution in [0.1, 0.15) is 0 Å². The standard InChI is InChI=1S/2CH3.K.H4Si/h2*1H3;;1H4/q2*-1;+1;. The Morgan fingerprint density at radius 2 is 0.750 bits per heavy atom. The van der Waals surface area contributed by atoms with Crippen LogP contribution < -0.4 is 51.4 Å². The first-order valence-corrected chi connectivity index (χ1v) is 0. The Bertz CT molecular complexity index is 6.00. The van der Waals surface area contributed by atoms with Crippen molar-refractivity contribution in [2.45, 2.75) is 0 Å². The van der Waals surface area contributed by atoms with Gasteiger partial charge in [-0.05, 0) is 11.0 Å². The van der Waals surface area contributed by atoms with E-state index in [9.17, 15) is 0 Å². The van der Waals surface area contributed by atoms with Crippen LogP contribution in [0.4, 0.5) is 0 Å². The van der Waals surface area contributed by atoms with Gasteiger partial charge in [-0.15, -0.1) is 0 Å². The molecule has 0 saturated heterocycles. The van der Waals surface area contributed by atoms with E-state index in [-0.39, 0.29) is 77.2 Å². The Hall–Kier alpha value is 1.85. The van der Waals surface area contributed by atoms with Crippen LogP contribution in [0.15, 0.2) is 0 Å². The summed E-state index contributed by atoms with van der Waals surface area (Å²) in [5.74, 6) is 0. The van der Waals surface area contributed by atoms with Crippen LogP contribution in [-0.4, -0.2) is 11.0 Å². The second-order valence-corrected chi connectivity index (χ2v) is 0. The molecule has 0 atom stereocenters. The molecule has 0 unspecified atom stereocenters. The largest absolute Gasteiger partial charge is 1.00 e. The summed E-state index contributed by atoms with van der Waals surface area (Å²) in [6, 6.07) is 0. The van der Waals surface area contributed by atoms with E-state index in [2.05, 4.69) is 0 Å². The molecule has 24 valence electrons. The SMILES string of the molecule is [CH3-].[CH3-].[K+].[SiH4]. The van der Waals surface area contributed by atoms with Gasteiger partial charge in [0.15, 0.2) is 0 Å². The van der Waals surface area contributed by atoms with E-state index < -0.39 is 0 Å². The summed E-state index contributed by atoms with van der Waals surface area (Å²) >= 11 is 0. The van der Waals surface area contributed by atoms with E-state index >= 15 is 0 Å². The molecular weight excluding hydrogens is 91.2 g/mol. The van der Waals surface area contributed by atoms with Crippen LogP contribution in [0, 0.1) is 14.9 Å². The van der Waals surface area contributed by atoms with Gasteiger partial charge in [0.05, 0.1) is 0 Å². The molecule has 0 radical (unpaired) electrons. The third-order valence-corrected chi connectivity index (χ3v) is 0. The Balaban J connectivity index is 0. The van der Waals surface area contributed by atoms with Gasteiger partial charge >= 0.3 is 51.4 Å². The van der Waals surface area contributed by atoms with Crippen LogP contribution >= 0.6 is 0 Å². The molecule has 0 nitrogen and oxygen atoms in total. The third-order valence-electron chi connectivity index (χ3n) is 0. The molecule has 0 saturated carbocycles. The molecule has 0 N–H and O–H groups in total. The summed E-state index contributed by atoms with van der Waals surface area (Å²) in [5, 5.41) is 0. The smallest absolute Gasteiger partial charge is 0.358 e. The Morgan fingerprint density at radius 1 is 0.750 bits per heavy atom. The molecule has 0 fully saturated rings. The molecule has 0 aliphatic heterocycles. The van der Waals surface area contributed by atoms with Crippen LogP contribution in [0.2, 0.25) is 0 Å². The maximum atomic E-state index is 0. The van der Waals surface area contributed by atoms with Crippen LogP contribution in [0.25, 0.3) is 0 Å². The van der Waals surface area contributed by atoms with Crippen molar-refractivity contribution < 1.29 is 51.4 Å². The van der Waals surface area contributed by atoms with Crippen LogP contribution in [0.5, 0.6) is 0 Å². The fourth-order valence-electron chi connectivity index (χ4n) is 0. The normalized spacial score (nSPS) is 0. The predicted molar refractivity (Wildman–Crippen MR) is 24.2 cm³/mol. The van der Waals surface area contributed by atoms with E-state index in [1.165, 1.54) is 0 Å². The first kappa shape index (κ1) is 40.1. The van der Waals surface area contributed by atoms with Gasteiger partial charge in [-0.1, -0.05) is 0 Å². The van der Waals surface area contributed by atoms with Gasteiger partial charge in [-0.2, -0.15) is 0 Å². The number of hydrogen-bond donors (Lipinski definition) is 0. The molecule has 0 aromatic rings. The van der Waals surface area contributed by atoms with E-state index in [0.29, 0.717) is 0 Å². The van der Waals surface area contributed by atoms with Crippen molar-refractivity contribution in [3.63, 3.8) is 0 Å². The third kappa shape index (κ3) is 9.13. The molecular formula is C2H10KSi-. The summed E-state index contributed by atoms with van der Waals surface area (Å²) in [4.78, 5) is 0. The van der Waals surface area contributed by atoms with Crippen molar-refractivity contribution in [2.24, 2.45) is 0 Å². The van der Waals surface area contributed by atoms with Crippen molar-refractivity contribution in [3.05, 3.63) is 14.9 Å². The summed E-state index contributed by atoms with van der Waals surface area (Å²) in [6.07, 6.45) is 0. The average molecular weight is 101 g/mol.